The lowest BCUT2D eigenvalue weighted by atomic mass is 9.90. The van der Waals surface area contributed by atoms with E-state index in [1.54, 1.807) is 20.8 Å². The number of hydrogen-bond acceptors (Lipinski definition) is 3. The fourth-order valence-electron chi connectivity index (χ4n) is 2.49. The number of nitrogens with two attached hydrogens (primary N) is 1. The zero-order valence-corrected chi connectivity index (χ0v) is 11.9. The number of nitrogens with one attached hydrogen (secondary N) is 1. The summed E-state index contributed by atoms with van der Waals surface area (Å²) in [5, 5.41) is 2.64. The van der Waals surface area contributed by atoms with E-state index < -0.39 is 36.1 Å². The molecule has 0 bridgehead atoms. The summed E-state index contributed by atoms with van der Waals surface area (Å²) >= 11 is 0. The number of amides is 1. The van der Waals surface area contributed by atoms with Gasteiger partial charge in [0.2, 0.25) is 0 Å². The molecule has 1 aliphatic rings. The first-order valence-corrected chi connectivity index (χ1v) is 6.67. The molecule has 0 heterocycles. The molecular weight excluding hydrogens is 254 g/mol. The molecule has 1 aliphatic carbocycles. The van der Waals surface area contributed by atoms with E-state index in [0.29, 0.717) is 12.8 Å². The average Bonchev–Trinajstić information content (AvgIpc) is 2.62. The molecule has 4 nitrogen and oxygen atoms in total. The Balaban J connectivity index is 2.70. The van der Waals surface area contributed by atoms with Crippen LogP contribution in [-0.4, -0.2) is 29.7 Å². The largest absolute Gasteiger partial charge is 0.444 e. The molecule has 0 unspecified atom stereocenters. The second kappa shape index (κ2) is 5.61. The second-order valence-corrected chi connectivity index (χ2v) is 6.35. The van der Waals surface area contributed by atoms with Crippen molar-refractivity contribution in [2.75, 3.05) is 6.54 Å². The highest BCUT2D eigenvalue weighted by atomic mass is 19.3. The van der Waals surface area contributed by atoms with Gasteiger partial charge in [0, 0.05) is 12.0 Å². The number of carbonyl (C=O) groups excluding carboxylic acids is 1. The molecule has 0 aliphatic heterocycles. The van der Waals surface area contributed by atoms with Crippen LogP contribution in [0.2, 0.25) is 0 Å². The van der Waals surface area contributed by atoms with Gasteiger partial charge in [-0.2, -0.15) is 0 Å². The molecule has 112 valence electrons. The molecule has 6 heteroatoms. The fraction of sp³-hybridized carbons (Fsp3) is 0.923. The highest BCUT2D eigenvalue weighted by Crippen LogP contribution is 2.38. The van der Waals surface area contributed by atoms with E-state index in [0.717, 1.165) is 12.8 Å². The Bertz CT molecular complexity index is 321. The van der Waals surface area contributed by atoms with Crippen LogP contribution < -0.4 is 11.1 Å². The van der Waals surface area contributed by atoms with Crippen molar-refractivity contribution in [1.29, 1.82) is 0 Å². The van der Waals surface area contributed by atoms with Crippen molar-refractivity contribution >= 4 is 6.09 Å². The fourth-order valence-corrected chi connectivity index (χ4v) is 2.49. The molecule has 19 heavy (non-hydrogen) atoms. The standard InChI is InChI=1S/C13H24F2N2O2/c1-11(2,3)19-10(18)17-12(6-4-5-7-12)8-13(14,15)9-16/h4-9,16H2,1-3H3,(H,17,18). The van der Waals surface area contributed by atoms with E-state index in [9.17, 15) is 13.6 Å². The van der Waals surface area contributed by atoms with E-state index in [2.05, 4.69) is 5.32 Å². The Morgan fingerprint density at radius 1 is 1.32 bits per heavy atom. The SMILES string of the molecule is CC(C)(C)OC(=O)NC1(CC(F)(F)CN)CCCC1. The Labute approximate surface area is 113 Å². The van der Waals surface area contributed by atoms with E-state index in [-0.39, 0.29) is 0 Å². The third-order valence-electron chi connectivity index (χ3n) is 3.22. The molecule has 0 radical (unpaired) electrons. The van der Waals surface area contributed by atoms with Crippen molar-refractivity contribution in [2.24, 2.45) is 5.73 Å². The van der Waals surface area contributed by atoms with Gasteiger partial charge in [-0.05, 0) is 33.6 Å². The van der Waals surface area contributed by atoms with Gasteiger partial charge in [0.25, 0.3) is 5.92 Å². The molecule has 1 rings (SSSR count). The van der Waals surface area contributed by atoms with Crippen molar-refractivity contribution in [3.63, 3.8) is 0 Å². The highest BCUT2D eigenvalue weighted by Gasteiger charge is 2.44. The molecule has 0 aromatic rings. The van der Waals surface area contributed by atoms with Gasteiger partial charge in [-0.1, -0.05) is 12.8 Å². The first-order chi connectivity index (χ1) is 8.58. The van der Waals surface area contributed by atoms with Crippen molar-refractivity contribution in [2.45, 2.75) is 69.9 Å². The number of rotatable bonds is 4. The molecule has 1 amide bonds. The van der Waals surface area contributed by atoms with Crippen molar-refractivity contribution < 1.29 is 18.3 Å². The summed E-state index contributed by atoms with van der Waals surface area (Å²) in [4.78, 5) is 11.8. The maximum Gasteiger partial charge on any atom is 0.408 e. The number of halogens is 2. The number of hydrogen-bond donors (Lipinski definition) is 2. The van der Waals surface area contributed by atoms with Gasteiger partial charge >= 0.3 is 6.09 Å². The third kappa shape index (κ3) is 5.30. The van der Waals surface area contributed by atoms with Crippen LogP contribution >= 0.6 is 0 Å². The number of carbonyl (C=O) groups is 1. The Kier molecular flexibility index (Phi) is 4.76. The molecule has 3 N–H and O–H groups in total. The van der Waals surface area contributed by atoms with Crippen LogP contribution in [0.15, 0.2) is 0 Å². The Morgan fingerprint density at radius 3 is 2.26 bits per heavy atom. The van der Waals surface area contributed by atoms with Crippen LogP contribution in [0.4, 0.5) is 13.6 Å². The molecule has 0 spiro atoms. The van der Waals surface area contributed by atoms with E-state index in [4.69, 9.17) is 10.5 Å². The summed E-state index contributed by atoms with van der Waals surface area (Å²) < 4.78 is 32.2. The van der Waals surface area contributed by atoms with Gasteiger partial charge in [0.15, 0.2) is 0 Å². The Hall–Kier alpha value is -0.910. The van der Waals surface area contributed by atoms with Gasteiger partial charge in [-0.3, -0.25) is 0 Å². The van der Waals surface area contributed by atoms with Gasteiger partial charge in [0.1, 0.15) is 5.60 Å². The zero-order chi connectivity index (χ0) is 14.7. The summed E-state index contributed by atoms with van der Waals surface area (Å²) in [7, 11) is 0. The predicted molar refractivity (Wildman–Crippen MR) is 69.2 cm³/mol. The lowest BCUT2D eigenvalue weighted by Crippen LogP contribution is -2.52. The van der Waals surface area contributed by atoms with Crippen LogP contribution in [-0.2, 0) is 4.74 Å². The van der Waals surface area contributed by atoms with E-state index >= 15 is 0 Å². The second-order valence-electron chi connectivity index (χ2n) is 6.35. The van der Waals surface area contributed by atoms with Gasteiger partial charge < -0.3 is 15.8 Å². The van der Waals surface area contributed by atoms with Gasteiger partial charge in [-0.25, -0.2) is 13.6 Å². The first kappa shape index (κ1) is 16.1. The predicted octanol–water partition coefficient (Wildman–Crippen LogP) is 2.81. The molecule has 0 saturated heterocycles. The maximum absolute atomic E-state index is 13.5. The summed E-state index contributed by atoms with van der Waals surface area (Å²) in [6.07, 6.45) is 1.69. The minimum absolute atomic E-state index is 0.421. The van der Waals surface area contributed by atoms with E-state index in [1.165, 1.54) is 0 Å². The summed E-state index contributed by atoms with van der Waals surface area (Å²) in [6.45, 7) is 4.51. The monoisotopic (exact) mass is 278 g/mol. The van der Waals surface area contributed by atoms with E-state index in [1.807, 2.05) is 0 Å². The van der Waals surface area contributed by atoms with Crippen LogP contribution in [0.1, 0.15) is 52.9 Å². The topological polar surface area (TPSA) is 64.3 Å². The Morgan fingerprint density at radius 2 is 1.84 bits per heavy atom. The first-order valence-electron chi connectivity index (χ1n) is 6.67. The van der Waals surface area contributed by atoms with Gasteiger partial charge in [-0.15, -0.1) is 0 Å². The van der Waals surface area contributed by atoms with Crippen LogP contribution in [0.5, 0.6) is 0 Å². The smallest absolute Gasteiger partial charge is 0.408 e. The minimum atomic E-state index is -2.96. The van der Waals surface area contributed by atoms with Crippen molar-refractivity contribution in [1.82, 2.24) is 5.32 Å². The molecule has 0 atom stereocenters. The highest BCUT2D eigenvalue weighted by molar-refractivity contribution is 5.68. The third-order valence-corrected chi connectivity index (χ3v) is 3.22. The molecular formula is C13H24F2N2O2. The molecule has 0 aromatic heterocycles. The zero-order valence-electron chi connectivity index (χ0n) is 11.9. The normalized spacial score (nSPS) is 19.3. The number of alkyl halides is 2. The lowest BCUT2D eigenvalue weighted by Gasteiger charge is -2.34. The lowest BCUT2D eigenvalue weighted by molar-refractivity contribution is -0.0271. The number of alkyl carbamates (subject to hydrolysis) is 1. The van der Waals surface area contributed by atoms with Crippen molar-refractivity contribution in [3.05, 3.63) is 0 Å². The van der Waals surface area contributed by atoms with Gasteiger partial charge in [0.05, 0.1) is 6.54 Å². The van der Waals surface area contributed by atoms with Crippen LogP contribution in [0.25, 0.3) is 0 Å². The molecule has 0 aromatic carbocycles. The van der Waals surface area contributed by atoms with Crippen LogP contribution in [0, 0.1) is 0 Å². The van der Waals surface area contributed by atoms with Crippen molar-refractivity contribution in [3.8, 4) is 0 Å². The average molecular weight is 278 g/mol. The van der Waals surface area contributed by atoms with Crippen LogP contribution in [0.3, 0.4) is 0 Å². The summed E-state index contributed by atoms with van der Waals surface area (Å²) in [5.41, 5.74) is 3.56. The summed E-state index contributed by atoms with van der Waals surface area (Å²) in [6, 6.07) is 0. The maximum atomic E-state index is 13.5. The quantitative estimate of drug-likeness (QED) is 0.831. The molecule has 1 fully saturated rings. The number of ether oxygens (including phenoxy) is 1. The molecule has 1 saturated carbocycles. The minimum Gasteiger partial charge on any atom is -0.444 e. The summed E-state index contributed by atoms with van der Waals surface area (Å²) in [5.74, 6) is -2.96.